The lowest BCUT2D eigenvalue weighted by molar-refractivity contribution is 0.457. The molecule has 0 aliphatic carbocycles. The van der Waals surface area contributed by atoms with Gasteiger partial charge in [-0.1, -0.05) is 46.2 Å². The van der Waals surface area contributed by atoms with Crippen LogP contribution in [0.2, 0.25) is 0 Å². The number of hydrogen-bond acceptors (Lipinski definition) is 1. The van der Waals surface area contributed by atoms with Crippen molar-refractivity contribution in [1.29, 1.82) is 0 Å². The van der Waals surface area contributed by atoms with Crippen molar-refractivity contribution >= 4 is 0 Å². The normalized spacial score (nSPS) is 13.2. The lowest BCUT2D eigenvalue weighted by atomic mass is 9.91. The van der Waals surface area contributed by atoms with E-state index in [0.717, 1.165) is 25.1 Å². The van der Waals surface area contributed by atoms with Crippen molar-refractivity contribution < 1.29 is 4.39 Å². The highest BCUT2D eigenvalue weighted by atomic mass is 19.1. The van der Waals surface area contributed by atoms with E-state index in [-0.39, 0.29) is 5.82 Å². The molecule has 0 amide bonds. The number of hydrogen-bond donors (Lipinski definition) is 1. The molecule has 0 aliphatic heterocycles. The molecule has 0 aromatic heterocycles. The Bertz CT molecular complexity index is 360. The van der Waals surface area contributed by atoms with Crippen LogP contribution >= 0.6 is 0 Å². The van der Waals surface area contributed by atoms with E-state index in [1.165, 1.54) is 12.5 Å². The zero-order valence-electron chi connectivity index (χ0n) is 12.7. The summed E-state index contributed by atoms with van der Waals surface area (Å²) >= 11 is 0. The van der Waals surface area contributed by atoms with Crippen LogP contribution in [0, 0.1) is 17.7 Å². The van der Waals surface area contributed by atoms with Gasteiger partial charge in [0.25, 0.3) is 0 Å². The summed E-state index contributed by atoms with van der Waals surface area (Å²) in [6.45, 7) is 10.9. The molecule has 1 nitrogen and oxygen atoms in total. The van der Waals surface area contributed by atoms with E-state index in [4.69, 9.17) is 0 Å². The van der Waals surface area contributed by atoms with Crippen molar-refractivity contribution in [1.82, 2.24) is 5.32 Å². The van der Waals surface area contributed by atoms with Gasteiger partial charge in [-0.05, 0) is 48.4 Å². The first kappa shape index (κ1) is 16.2. The number of halogens is 1. The molecule has 1 rings (SSSR count). The summed E-state index contributed by atoms with van der Waals surface area (Å²) in [5.74, 6) is 1.63. The molecular weight excluding hydrogens is 237 g/mol. The Morgan fingerprint density at radius 2 is 1.74 bits per heavy atom. The van der Waals surface area contributed by atoms with Crippen LogP contribution < -0.4 is 5.32 Å². The predicted octanol–water partition coefficient (Wildman–Crippen LogP) is 4.59. The van der Waals surface area contributed by atoms with E-state index in [0.29, 0.717) is 17.8 Å². The Morgan fingerprint density at radius 3 is 2.32 bits per heavy atom. The minimum atomic E-state index is -0.129. The van der Waals surface area contributed by atoms with Gasteiger partial charge in [0, 0.05) is 6.54 Å². The molecule has 0 radical (unpaired) electrons. The summed E-state index contributed by atoms with van der Waals surface area (Å²) in [5, 5.41) is 3.50. The second kappa shape index (κ2) is 8.31. The number of benzene rings is 1. The van der Waals surface area contributed by atoms with Crippen molar-refractivity contribution in [2.75, 3.05) is 13.1 Å². The molecule has 0 bridgehead atoms. The van der Waals surface area contributed by atoms with Crippen LogP contribution in [-0.4, -0.2) is 13.1 Å². The van der Waals surface area contributed by atoms with Gasteiger partial charge in [0.15, 0.2) is 0 Å². The third-order valence-corrected chi connectivity index (χ3v) is 3.36. The summed E-state index contributed by atoms with van der Waals surface area (Å²) in [6, 6.07) is 7.06. The smallest absolute Gasteiger partial charge is 0.123 e. The highest BCUT2D eigenvalue weighted by molar-refractivity contribution is 5.21. The largest absolute Gasteiger partial charge is 0.316 e. The monoisotopic (exact) mass is 265 g/mol. The summed E-state index contributed by atoms with van der Waals surface area (Å²) in [6.07, 6.45) is 2.30. The fourth-order valence-corrected chi connectivity index (χ4v) is 2.23. The first-order chi connectivity index (χ1) is 8.99. The molecule has 108 valence electrons. The predicted molar refractivity (Wildman–Crippen MR) is 80.9 cm³/mol. The standard InChI is InChI=1S/C17H28FN/c1-13(2)8-9-16(12-19-11-14(3)4)15-6-5-7-17(18)10-15/h5-7,10,13-14,16,19H,8-9,11-12H2,1-4H3. The molecule has 0 saturated heterocycles. The minimum absolute atomic E-state index is 0.129. The van der Waals surface area contributed by atoms with Gasteiger partial charge >= 0.3 is 0 Å². The van der Waals surface area contributed by atoms with Gasteiger partial charge in [0.1, 0.15) is 5.82 Å². The molecule has 1 unspecified atom stereocenters. The topological polar surface area (TPSA) is 12.0 Å². The minimum Gasteiger partial charge on any atom is -0.316 e. The van der Waals surface area contributed by atoms with E-state index in [2.05, 4.69) is 33.0 Å². The van der Waals surface area contributed by atoms with E-state index < -0.39 is 0 Å². The van der Waals surface area contributed by atoms with Crippen molar-refractivity contribution in [3.05, 3.63) is 35.6 Å². The highest BCUT2D eigenvalue weighted by Gasteiger charge is 2.13. The van der Waals surface area contributed by atoms with Gasteiger partial charge in [0.2, 0.25) is 0 Å². The molecule has 0 aliphatic rings. The van der Waals surface area contributed by atoms with Gasteiger partial charge in [-0.2, -0.15) is 0 Å². The van der Waals surface area contributed by atoms with Crippen LogP contribution in [0.25, 0.3) is 0 Å². The first-order valence-electron chi connectivity index (χ1n) is 7.45. The average Bonchev–Trinajstić information content (AvgIpc) is 2.32. The average molecular weight is 265 g/mol. The Morgan fingerprint density at radius 1 is 1.00 bits per heavy atom. The van der Waals surface area contributed by atoms with E-state index >= 15 is 0 Å². The maximum Gasteiger partial charge on any atom is 0.123 e. The van der Waals surface area contributed by atoms with Crippen molar-refractivity contribution in [3.63, 3.8) is 0 Å². The fourth-order valence-electron chi connectivity index (χ4n) is 2.23. The Balaban J connectivity index is 2.62. The molecule has 0 saturated carbocycles. The van der Waals surface area contributed by atoms with Crippen molar-refractivity contribution in [2.24, 2.45) is 11.8 Å². The second-order valence-electron chi connectivity index (χ2n) is 6.28. The number of nitrogens with one attached hydrogen (secondary N) is 1. The molecular formula is C17H28FN. The lowest BCUT2D eigenvalue weighted by Gasteiger charge is -2.20. The zero-order valence-corrected chi connectivity index (χ0v) is 12.7. The summed E-state index contributed by atoms with van der Waals surface area (Å²) in [7, 11) is 0. The van der Waals surface area contributed by atoms with Crippen LogP contribution in [0.5, 0.6) is 0 Å². The maximum atomic E-state index is 13.4. The third-order valence-electron chi connectivity index (χ3n) is 3.36. The Hall–Kier alpha value is -0.890. The summed E-state index contributed by atoms with van der Waals surface area (Å²) in [5.41, 5.74) is 1.12. The van der Waals surface area contributed by atoms with Gasteiger partial charge < -0.3 is 5.32 Å². The Kier molecular flexibility index (Phi) is 7.07. The lowest BCUT2D eigenvalue weighted by Crippen LogP contribution is -2.25. The summed E-state index contributed by atoms with van der Waals surface area (Å²) in [4.78, 5) is 0. The SMILES string of the molecule is CC(C)CCC(CNCC(C)C)c1cccc(F)c1. The van der Waals surface area contributed by atoms with Crippen molar-refractivity contribution in [2.45, 2.75) is 46.5 Å². The van der Waals surface area contributed by atoms with Crippen LogP contribution in [0.4, 0.5) is 4.39 Å². The third kappa shape index (κ3) is 6.72. The van der Waals surface area contributed by atoms with E-state index in [9.17, 15) is 4.39 Å². The van der Waals surface area contributed by atoms with E-state index in [1.54, 1.807) is 6.07 Å². The molecule has 2 heteroatoms. The molecule has 0 heterocycles. The van der Waals surface area contributed by atoms with Gasteiger partial charge in [0.05, 0.1) is 0 Å². The van der Waals surface area contributed by atoms with Crippen LogP contribution in [0.1, 0.15) is 52.0 Å². The molecule has 19 heavy (non-hydrogen) atoms. The highest BCUT2D eigenvalue weighted by Crippen LogP contribution is 2.23. The molecule has 1 atom stereocenters. The first-order valence-corrected chi connectivity index (χ1v) is 7.45. The molecule has 1 N–H and O–H groups in total. The van der Waals surface area contributed by atoms with E-state index in [1.807, 2.05) is 12.1 Å². The van der Waals surface area contributed by atoms with Gasteiger partial charge in [-0.3, -0.25) is 0 Å². The molecule has 0 spiro atoms. The van der Waals surface area contributed by atoms with Crippen LogP contribution in [0.3, 0.4) is 0 Å². The zero-order chi connectivity index (χ0) is 14.3. The molecule has 1 aromatic carbocycles. The van der Waals surface area contributed by atoms with Gasteiger partial charge in [-0.15, -0.1) is 0 Å². The summed E-state index contributed by atoms with van der Waals surface area (Å²) < 4.78 is 13.4. The quantitative estimate of drug-likeness (QED) is 0.725. The maximum absolute atomic E-state index is 13.4. The molecule has 1 aromatic rings. The molecule has 0 fully saturated rings. The van der Waals surface area contributed by atoms with Crippen LogP contribution in [0.15, 0.2) is 24.3 Å². The second-order valence-corrected chi connectivity index (χ2v) is 6.28. The van der Waals surface area contributed by atoms with Crippen LogP contribution in [-0.2, 0) is 0 Å². The van der Waals surface area contributed by atoms with Gasteiger partial charge in [-0.25, -0.2) is 4.39 Å². The van der Waals surface area contributed by atoms with Crippen molar-refractivity contribution in [3.8, 4) is 0 Å². The Labute approximate surface area is 117 Å². The number of rotatable bonds is 8. The fraction of sp³-hybridized carbons (Fsp3) is 0.647.